The molecule has 8 heteroatoms. The summed E-state index contributed by atoms with van der Waals surface area (Å²) in [5, 5.41) is 16.1. The molecule has 0 bridgehead atoms. The van der Waals surface area contributed by atoms with Crippen LogP contribution in [0.4, 0.5) is 0 Å². The van der Waals surface area contributed by atoms with E-state index in [2.05, 4.69) is 34.7 Å². The predicted molar refractivity (Wildman–Crippen MR) is 99.0 cm³/mol. The van der Waals surface area contributed by atoms with Crippen molar-refractivity contribution in [3.05, 3.63) is 29.3 Å². The van der Waals surface area contributed by atoms with Crippen molar-refractivity contribution in [1.29, 1.82) is 0 Å². The number of benzene rings is 1. The molecule has 6 nitrogen and oxygen atoms in total. The molecule has 25 heavy (non-hydrogen) atoms. The summed E-state index contributed by atoms with van der Waals surface area (Å²) in [4.78, 5) is 12.3. The molecule has 0 radical (unpaired) electrons. The van der Waals surface area contributed by atoms with Gasteiger partial charge in [-0.1, -0.05) is 56.1 Å². The van der Waals surface area contributed by atoms with E-state index in [0.29, 0.717) is 27.8 Å². The van der Waals surface area contributed by atoms with E-state index in [9.17, 15) is 4.79 Å². The molecular formula is C17H22ClN5OS. The Morgan fingerprint density at radius 1 is 1.40 bits per heavy atom. The number of amides is 1. The highest BCUT2D eigenvalue weighted by atomic mass is 35.5. The summed E-state index contributed by atoms with van der Waals surface area (Å²) in [6.07, 6.45) is 3.48. The topological polar surface area (TPSA) is 72.7 Å². The number of aromatic nitrogens is 4. The molecular weight excluding hydrogens is 358 g/mol. The molecule has 1 aromatic carbocycles. The molecule has 1 aliphatic rings. The monoisotopic (exact) mass is 379 g/mol. The van der Waals surface area contributed by atoms with Gasteiger partial charge in [0.2, 0.25) is 11.1 Å². The van der Waals surface area contributed by atoms with Crippen molar-refractivity contribution in [3.63, 3.8) is 0 Å². The van der Waals surface area contributed by atoms with Crippen molar-refractivity contribution in [1.82, 2.24) is 25.5 Å². The number of carbonyl (C=O) groups excluding carboxylic acids is 1. The summed E-state index contributed by atoms with van der Waals surface area (Å²) in [6.45, 7) is 4.48. The fourth-order valence-electron chi connectivity index (χ4n) is 3.20. The van der Waals surface area contributed by atoms with Crippen LogP contribution in [0.1, 0.15) is 33.1 Å². The smallest absolute Gasteiger partial charge is 0.230 e. The Bertz CT molecular complexity index is 737. The lowest BCUT2D eigenvalue weighted by Crippen LogP contribution is -2.44. The van der Waals surface area contributed by atoms with E-state index in [1.165, 1.54) is 24.6 Å². The molecule has 1 fully saturated rings. The van der Waals surface area contributed by atoms with Gasteiger partial charge in [0.15, 0.2) is 0 Å². The first kappa shape index (κ1) is 18.2. The Kier molecular flexibility index (Phi) is 5.96. The summed E-state index contributed by atoms with van der Waals surface area (Å²) in [5.74, 6) is 1.48. The quantitative estimate of drug-likeness (QED) is 0.806. The largest absolute Gasteiger partial charge is 0.352 e. The van der Waals surface area contributed by atoms with Gasteiger partial charge in [0, 0.05) is 11.1 Å². The van der Waals surface area contributed by atoms with Gasteiger partial charge < -0.3 is 5.32 Å². The Labute approximate surface area is 156 Å². The van der Waals surface area contributed by atoms with Gasteiger partial charge in [0.05, 0.1) is 11.4 Å². The number of hydrogen-bond acceptors (Lipinski definition) is 5. The van der Waals surface area contributed by atoms with Crippen molar-refractivity contribution in [2.45, 2.75) is 44.3 Å². The zero-order chi connectivity index (χ0) is 17.8. The van der Waals surface area contributed by atoms with E-state index in [1.54, 1.807) is 16.8 Å². The maximum atomic E-state index is 12.3. The number of thioether (sulfide) groups is 1. The third-order valence-corrected chi connectivity index (χ3v) is 6.03. The second kappa shape index (κ2) is 8.19. The van der Waals surface area contributed by atoms with Crippen molar-refractivity contribution in [2.75, 3.05) is 5.75 Å². The van der Waals surface area contributed by atoms with Crippen molar-refractivity contribution in [2.24, 2.45) is 11.8 Å². The molecule has 3 atom stereocenters. The van der Waals surface area contributed by atoms with Crippen LogP contribution in [-0.2, 0) is 4.79 Å². The van der Waals surface area contributed by atoms with Crippen LogP contribution < -0.4 is 5.32 Å². The summed E-state index contributed by atoms with van der Waals surface area (Å²) in [7, 11) is 0. The average Bonchev–Trinajstić information content (AvgIpc) is 3.06. The van der Waals surface area contributed by atoms with Crippen LogP contribution in [0.25, 0.3) is 5.69 Å². The van der Waals surface area contributed by atoms with Crippen molar-refractivity contribution >= 4 is 29.3 Å². The second-order valence-electron chi connectivity index (χ2n) is 6.58. The minimum absolute atomic E-state index is 0.0246. The molecule has 1 aliphatic carbocycles. The molecule has 134 valence electrons. The van der Waals surface area contributed by atoms with E-state index in [4.69, 9.17) is 11.6 Å². The van der Waals surface area contributed by atoms with Gasteiger partial charge in [-0.2, -0.15) is 4.68 Å². The first-order valence-corrected chi connectivity index (χ1v) is 9.87. The fourth-order valence-corrected chi connectivity index (χ4v) is 4.09. The van der Waals surface area contributed by atoms with Gasteiger partial charge in [-0.15, -0.1) is 5.10 Å². The Balaban J connectivity index is 1.59. The summed E-state index contributed by atoms with van der Waals surface area (Å²) < 4.78 is 1.59. The lowest BCUT2D eigenvalue weighted by Gasteiger charge is -2.34. The second-order valence-corrected chi connectivity index (χ2v) is 7.96. The van der Waals surface area contributed by atoms with Crippen LogP contribution in [0.15, 0.2) is 29.4 Å². The van der Waals surface area contributed by atoms with Gasteiger partial charge in [0.25, 0.3) is 0 Å². The minimum Gasteiger partial charge on any atom is -0.352 e. The number of halogens is 1. The summed E-state index contributed by atoms with van der Waals surface area (Å²) >= 11 is 7.35. The van der Waals surface area contributed by atoms with Gasteiger partial charge in [-0.25, -0.2) is 0 Å². The zero-order valence-electron chi connectivity index (χ0n) is 14.4. The van der Waals surface area contributed by atoms with Gasteiger partial charge >= 0.3 is 0 Å². The number of nitrogens with zero attached hydrogens (tertiary/aromatic N) is 4. The Hall–Kier alpha value is -1.60. The maximum Gasteiger partial charge on any atom is 0.230 e. The normalized spacial score (nSPS) is 23.4. The molecule has 1 heterocycles. The van der Waals surface area contributed by atoms with Crippen LogP contribution in [0.2, 0.25) is 5.02 Å². The molecule has 3 rings (SSSR count). The fraction of sp³-hybridized carbons (Fsp3) is 0.529. The lowest BCUT2D eigenvalue weighted by molar-refractivity contribution is -0.120. The van der Waals surface area contributed by atoms with E-state index < -0.39 is 0 Å². The van der Waals surface area contributed by atoms with Gasteiger partial charge in [-0.05, 0) is 46.9 Å². The number of rotatable bonds is 5. The predicted octanol–water partition coefficient (Wildman–Crippen LogP) is 3.35. The third-order valence-electron chi connectivity index (χ3n) is 4.88. The SMILES string of the molecule is C[C@H]1[C@@H](NC(=O)CSc2nnnn2-c2cccc(Cl)c2)CCC[C@@H]1C. The number of nitrogens with one attached hydrogen (secondary N) is 1. The summed E-state index contributed by atoms with van der Waals surface area (Å²) in [5.41, 5.74) is 0.773. The molecule has 0 saturated heterocycles. The molecule has 1 N–H and O–H groups in total. The van der Waals surface area contributed by atoms with E-state index >= 15 is 0 Å². The zero-order valence-corrected chi connectivity index (χ0v) is 15.9. The van der Waals surface area contributed by atoms with Crippen LogP contribution in [0, 0.1) is 11.8 Å². The van der Waals surface area contributed by atoms with E-state index in [-0.39, 0.29) is 11.9 Å². The minimum atomic E-state index is 0.0246. The Morgan fingerprint density at radius 3 is 3.04 bits per heavy atom. The number of tetrazole rings is 1. The molecule has 0 spiro atoms. The van der Waals surface area contributed by atoms with Crippen molar-refractivity contribution < 1.29 is 4.79 Å². The average molecular weight is 380 g/mol. The van der Waals surface area contributed by atoms with Crippen LogP contribution in [-0.4, -0.2) is 37.9 Å². The van der Waals surface area contributed by atoms with E-state index in [1.807, 2.05) is 12.1 Å². The standard InChI is InChI=1S/C17H22ClN5OS/c1-11-5-3-8-15(12(11)2)19-16(24)10-25-17-20-21-22-23(17)14-7-4-6-13(18)9-14/h4,6-7,9,11-12,15H,3,5,8,10H2,1-2H3,(H,19,24)/t11-,12+,15-/m0/s1. The molecule has 2 aromatic rings. The van der Waals surface area contributed by atoms with Crippen LogP contribution >= 0.6 is 23.4 Å². The first-order valence-electron chi connectivity index (χ1n) is 8.51. The highest BCUT2D eigenvalue weighted by Gasteiger charge is 2.28. The maximum absolute atomic E-state index is 12.3. The first-order chi connectivity index (χ1) is 12.0. The molecule has 0 unspecified atom stereocenters. The lowest BCUT2D eigenvalue weighted by atomic mass is 9.78. The van der Waals surface area contributed by atoms with Gasteiger partial charge in [-0.3, -0.25) is 4.79 Å². The molecule has 0 aliphatic heterocycles. The number of hydrogen-bond donors (Lipinski definition) is 1. The third kappa shape index (κ3) is 4.52. The highest BCUT2D eigenvalue weighted by molar-refractivity contribution is 7.99. The van der Waals surface area contributed by atoms with Crippen LogP contribution in [0.3, 0.4) is 0 Å². The number of carbonyl (C=O) groups is 1. The molecule has 1 saturated carbocycles. The van der Waals surface area contributed by atoms with Crippen LogP contribution in [0.5, 0.6) is 0 Å². The molecule has 1 aromatic heterocycles. The molecule has 1 amide bonds. The van der Waals surface area contributed by atoms with E-state index in [0.717, 1.165) is 12.1 Å². The Morgan fingerprint density at radius 2 is 2.24 bits per heavy atom. The highest BCUT2D eigenvalue weighted by Crippen LogP contribution is 2.29. The van der Waals surface area contributed by atoms with Gasteiger partial charge in [0.1, 0.15) is 0 Å². The summed E-state index contributed by atoms with van der Waals surface area (Å²) in [6, 6.07) is 7.56. The van der Waals surface area contributed by atoms with Crippen molar-refractivity contribution in [3.8, 4) is 5.69 Å².